The second kappa shape index (κ2) is 10.9. The minimum absolute atomic E-state index is 0.243. The molecule has 3 aromatic carbocycles. The first-order valence-electron chi connectivity index (χ1n) is 12.0. The molecular formula is C28H25BrCl2N4O3. The van der Waals surface area contributed by atoms with Gasteiger partial charge in [0, 0.05) is 37.1 Å². The summed E-state index contributed by atoms with van der Waals surface area (Å²) in [5, 5.41) is 3.76. The summed E-state index contributed by atoms with van der Waals surface area (Å²) in [6.07, 6.45) is 1.99. The highest BCUT2D eigenvalue weighted by atomic mass is 79.9. The number of para-hydroxylation sites is 1. The van der Waals surface area contributed by atoms with Crippen LogP contribution in [0.4, 0.5) is 10.5 Å². The third-order valence-electron chi connectivity index (χ3n) is 6.41. The molecule has 1 heterocycles. The van der Waals surface area contributed by atoms with Gasteiger partial charge >= 0.3 is 6.03 Å². The molecule has 0 atom stereocenters. The van der Waals surface area contributed by atoms with Crippen molar-refractivity contribution in [2.24, 2.45) is 7.05 Å². The monoisotopic (exact) mass is 614 g/mol. The first kappa shape index (κ1) is 26.4. The van der Waals surface area contributed by atoms with Crippen molar-refractivity contribution in [1.29, 1.82) is 0 Å². The second-order valence-electron chi connectivity index (χ2n) is 9.23. The average Bonchev–Trinajstić information content (AvgIpc) is 3.69. The number of carbonyl (C=O) groups is 1. The van der Waals surface area contributed by atoms with Crippen LogP contribution in [0, 0.1) is 0 Å². The van der Waals surface area contributed by atoms with Gasteiger partial charge in [-0.1, -0.05) is 63.4 Å². The maximum atomic E-state index is 13.4. The molecular weight excluding hydrogens is 591 g/mol. The van der Waals surface area contributed by atoms with E-state index in [1.807, 2.05) is 60.3 Å². The number of ether oxygens (including phenoxy) is 1. The van der Waals surface area contributed by atoms with E-state index in [0.29, 0.717) is 33.8 Å². The summed E-state index contributed by atoms with van der Waals surface area (Å²) in [6, 6.07) is 19.6. The zero-order valence-electron chi connectivity index (χ0n) is 20.7. The smallest absolute Gasteiger partial charge is 0.322 e. The summed E-state index contributed by atoms with van der Waals surface area (Å²) in [5.41, 5.74) is 2.57. The molecule has 10 heteroatoms. The van der Waals surface area contributed by atoms with Crippen LogP contribution >= 0.6 is 39.1 Å². The molecule has 7 nitrogen and oxygen atoms in total. The molecule has 38 heavy (non-hydrogen) atoms. The van der Waals surface area contributed by atoms with E-state index in [1.54, 1.807) is 29.9 Å². The third kappa shape index (κ3) is 5.48. The van der Waals surface area contributed by atoms with Gasteiger partial charge in [0.15, 0.2) is 0 Å². The summed E-state index contributed by atoms with van der Waals surface area (Å²) in [6.45, 7) is 0.317. The molecule has 0 aliphatic heterocycles. The molecule has 1 N–H and O–H groups in total. The predicted molar refractivity (Wildman–Crippen MR) is 154 cm³/mol. The largest absolute Gasteiger partial charge is 0.457 e. The Balaban J connectivity index is 1.32. The van der Waals surface area contributed by atoms with Crippen molar-refractivity contribution in [2.45, 2.75) is 25.3 Å². The summed E-state index contributed by atoms with van der Waals surface area (Å²) in [4.78, 5) is 28.1. The van der Waals surface area contributed by atoms with Gasteiger partial charge in [-0.05, 0) is 54.8 Å². The minimum Gasteiger partial charge on any atom is -0.457 e. The van der Waals surface area contributed by atoms with Crippen LogP contribution < -0.4 is 15.6 Å². The summed E-state index contributed by atoms with van der Waals surface area (Å²) < 4.78 is 10.1. The molecule has 0 radical (unpaired) electrons. The Morgan fingerprint density at radius 2 is 1.74 bits per heavy atom. The number of aromatic nitrogens is 2. The van der Waals surface area contributed by atoms with Crippen molar-refractivity contribution in [3.63, 3.8) is 0 Å². The summed E-state index contributed by atoms with van der Waals surface area (Å²) >= 11 is 15.6. The van der Waals surface area contributed by atoms with E-state index >= 15 is 0 Å². The van der Waals surface area contributed by atoms with Gasteiger partial charge in [0.05, 0.1) is 21.4 Å². The minimum atomic E-state index is -0.363. The molecule has 0 spiro atoms. The Kier molecular flexibility index (Phi) is 7.56. The Morgan fingerprint density at radius 3 is 2.39 bits per heavy atom. The van der Waals surface area contributed by atoms with E-state index in [0.717, 1.165) is 34.3 Å². The lowest BCUT2D eigenvalue weighted by atomic mass is 10.2. The van der Waals surface area contributed by atoms with Crippen molar-refractivity contribution in [2.75, 3.05) is 12.4 Å². The fraction of sp³-hybridized carbons (Fsp3) is 0.214. The number of nitrogens with one attached hydrogen (secondary N) is 1. The van der Waals surface area contributed by atoms with Crippen LogP contribution in [0.3, 0.4) is 0 Å². The van der Waals surface area contributed by atoms with Gasteiger partial charge < -0.3 is 15.0 Å². The van der Waals surface area contributed by atoms with Gasteiger partial charge in [-0.2, -0.15) is 0 Å². The van der Waals surface area contributed by atoms with Crippen molar-refractivity contribution in [3.05, 3.63) is 103 Å². The number of amides is 2. The number of anilines is 1. The van der Waals surface area contributed by atoms with E-state index in [4.69, 9.17) is 27.9 Å². The number of carbonyl (C=O) groups excluding carboxylic acids is 1. The lowest BCUT2D eigenvalue weighted by Gasteiger charge is -2.19. The van der Waals surface area contributed by atoms with Crippen LogP contribution in [0.2, 0.25) is 10.0 Å². The first-order valence-corrected chi connectivity index (χ1v) is 13.6. The van der Waals surface area contributed by atoms with Crippen molar-refractivity contribution in [3.8, 4) is 17.2 Å². The highest BCUT2D eigenvalue weighted by Crippen LogP contribution is 2.43. The molecule has 1 fully saturated rings. The lowest BCUT2D eigenvalue weighted by Crippen LogP contribution is -2.33. The SMILES string of the molecule is CN(Cc1ccc(Oc2ccc(Cl)c(Cl)c2)cc1Br)C(=O)Nc1c(C2CC2)n(C)n(-c2ccccc2)c1=O. The van der Waals surface area contributed by atoms with Gasteiger partial charge in [0.2, 0.25) is 0 Å². The third-order valence-corrected chi connectivity index (χ3v) is 7.89. The van der Waals surface area contributed by atoms with Crippen LogP contribution in [0.15, 0.2) is 76.0 Å². The highest BCUT2D eigenvalue weighted by molar-refractivity contribution is 9.10. The zero-order chi connectivity index (χ0) is 27.0. The number of benzene rings is 3. The Hall–Kier alpha value is -3.20. The van der Waals surface area contributed by atoms with Crippen LogP contribution in [0.25, 0.3) is 5.69 Å². The first-order chi connectivity index (χ1) is 18.2. The van der Waals surface area contributed by atoms with Crippen LogP contribution in [-0.2, 0) is 13.6 Å². The summed E-state index contributed by atoms with van der Waals surface area (Å²) in [5.74, 6) is 1.42. The average molecular weight is 616 g/mol. The lowest BCUT2D eigenvalue weighted by molar-refractivity contribution is 0.220. The highest BCUT2D eigenvalue weighted by Gasteiger charge is 2.34. The van der Waals surface area contributed by atoms with Crippen molar-refractivity contribution >= 4 is 50.9 Å². The normalized spacial score (nSPS) is 12.9. The van der Waals surface area contributed by atoms with E-state index in [1.165, 1.54) is 4.90 Å². The quantitative estimate of drug-likeness (QED) is 0.233. The van der Waals surface area contributed by atoms with E-state index < -0.39 is 0 Å². The fourth-order valence-electron chi connectivity index (χ4n) is 4.35. The molecule has 2 amide bonds. The number of rotatable bonds is 7. The summed E-state index contributed by atoms with van der Waals surface area (Å²) in [7, 11) is 3.55. The number of hydrogen-bond donors (Lipinski definition) is 1. The Bertz CT molecular complexity index is 1560. The molecule has 0 unspecified atom stereocenters. The zero-order valence-corrected chi connectivity index (χ0v) is 23.8. The van der Waals surface area contributed by atoms with E-state index in [-0.39, 0.29) is 17.5 Å². The fourth-order valence-corrected chi connectivity index (χ4v) is 5.12. The van der Waals surface area contributed by atoms with Crippen LogP contribution in [-0.4, -0.2) is 27.3 Å². The number of nitrogens with zero attached hydrogens (tertiary/aromatic N) is 3. The molecule has 0 bridgehead atoms. The maximum Gasteiger partial charge on any atom is 0.322 e. The van der Waals surface area contributed by atoms with E-state index in [9.17, 15) is 9.59 Å². The molecule has 1 aliphatic carbocycles. The predicted octanol–water partition coefficient (Wildman–Crippen LogP) is 7.58. The van der Waals surface area contributed by atoms with Gasteiger partial charge in [0.1, 0.15) is 17.2 Å². The Labute approximate surface area is 238 Å². The van der Waals surface area contributed by atoms with Crippen molar-refractivity contribution < 1.29 is 9.53 Å². The number of hydrogen-bond acceptors (Lipinski definition) is 3. The maximum absolute atomic E-state index is 13.4. The van der Waals surface area contributed by atoms with Crippen LogP contribution in [0.5, 0.6) is 11.5 Å². The van der Waals surface area contributed by atoms with E-state index in [2.05, 4.69) is 21.2 Å². The van der Waals surface area contributed by atoms with Crippen molar-refractivity contribution in [1.82, 2.24) is 14.3 Å². The topological polar surface area (TPSA) is 68.5 Å². The number of urea groups is 1. The molecule has 196 valence electrons. The number of halogens is 3. The van der Waals surface area contributed by atoms with Gasteiger partial charge in [-0.15, -0.1) is 0 Å². The molecule has 5 rings (SSSR count). The molecule has 1 saturated carbocycles. The van der Waals surface area contributed by atoms with Gasteiger partial charge in [0.25, 0.3) is 5.56 Å². The molecule has 4 aromatic rings. The standard InChI is InChI=1S/C28H25BrCl2N4O3/c1-33(16-18-10-11-20(14-22(18)29)38-21-12-13-23(30)24(31)15-21)28(37)32-25-26(17-8-9-17)34(2)35(27(25)36)19-6-4-3-5-7-19/h3-7,10-15,17H,8-9,16H2,1-2H3,(H,32,37). The molecule has 0 saturated heterocycles. The van der Waals surface area contributed by atoms with Gasteiger partial charge in [-0.25, -0.2) is 9.48 Å². The molecule has 1 aromatic heterocycles. The van der Waals surface area contributed by atoms with Crippen LogP contribution in [0.1, 0.15) is 30.0 Å². The Morgan fingerprint density at radius 1 is 1.05 bits per heavy atom. The van der Waals surface area contributed by atoms with Gasteiger partial charge in [-0.3, -0.25) is 9.48 Å². The molecule has 1 aliphatic rings. The second-order valence-corrected chi connectivity index (χ2v) is 10.9.